The van der Waals surface area contributed by atoms with E-state index >= 15 is 0 Å². The standard InChI is InChI=1S/C32H36N4.Mg/c1-9-21-17(5)25-13-26-18(6)23(11-3)31(34-26)16-32-24(12-4)20(8)28(36-32)15-30-22(10-2)19(7)27(35-30)14-29(21)33-25;/h13-16H,9-12H2,1-8H3;/q-2;+2. The topological polar surface area (TPSA) is 54.0 Å². The smallest absolute Gasteiger partial charge is 0.657 e. The van der Waals surface area contributed by atoms with Gasteiger partial charge in [0.25, 0.3) is 0 Å². The summed E-state index contributed by atoms with van der Waals surface area (Å²) in [6, 6.07) is 8.72. The molecule has 4 nitrogen and oxygen atoms in total. The Morgan fingerprint density at radius 3 is 1.35 bits per heavy atom. The Hall–Kier alpha value is -2.63. The fourth-order valence-corrected chi connectivity index (χ4v) is 5.85. The van der Waals surface area contributed by atoms with Crippen LogP contribution in [0.25, 0.3) is 44.4 Å². The fraction of sp³-hybridized carbons (Fsp3) is 0.375. The third-order valence-electron chi connectivity index (χ3n) is 8.06. The van der Waals surface area contributed by atoms with Crippen molar-refractivity contribution in [1.29, 1.82) is 0 Å². The van der Waals surface area contributed by atoms with Gasteiger partial charge in [0.1, 0.15) is 0 Å². The van der Waals surface area contributed by atoms with Crippen molar-refractivity contribution in [3.05, 3.63) is 69.3 Å². The number of fused-ring (bicyclic) bond motifs is 8. The Labute approximate surface area is 236 Å². The van der Waals surface area contributed by atoms with Gasteiger partial charge in [0.2, 0.25) is 0 Å². The molecule has 5 heteroatoms. The minimum Gasteiger partial charge on any atom is -0.657 e. The molecule has 5 rings (SSSR count). The van der Waals surface area contributed by atoms with E-state index in [4.69, 9.17) is 19.9 Å². The second kappa shape index (κ2) is 10.6. The van der Waals surface area contributed by atoms with Crippen LogP contribution in [-0.2, 0) is 12.8 Å². The maximum absolute atomic E-state index is 5.12. The largest absolute Gasteiger partial charge is 2.00 e. The zero-order valence-electron chi connectivity index (χ0n) is 23.6. The van der Waals surface area contributed by atoms with Gasteiger partial charge in [0.15, 0.2) is 0 Å². The van der Waals surface area contributed by atoms with Gasteiger partial charge in [-0.3, -0.25) is 0 Å². The third-order valence-corrected chi connectivity index (χ3v) is 8.06. The molecule has 3 aromatic rings. The molecule has 0 spiro atoms. The molecule has 0 N–H and O–H groups in total. The van der Waals surface area contributed by atoms with Gasteiger partial charge in [0.05, 0.1) is 22.8 Å². The molecule has 0 saturated heterocycles. The van der Waals surface area contributed by atoms with Gasteiger partial charge >= 0.3 is 23.1 Å². The van der Waals surface area contributed by atoms with E-state index in [1.54, 1.807) is 0 Å². The molecule has 2 aliphatic heterocycles. The van der Waals surface area contributed by atoms with E-state index in [2.05, 4.69) is 79.7 Å². The number of hydrogen-bond acceptors (Lipinski definition) is 2. The Balaban J connectivity index is 0.00000320. The van der Waals surface area contributed by atoms with E-state index in [1.807, 2.05) is 0 Å². The molecule has 0 aliphatic carbocycles. The first-order chi connectivity index (χ1) is 17.3. The number of aryl methyl sites for hydroxylation is 4. The van der Waals surface area contributed by atoms with Crippen molar-refractivity contribution < 1.29 is 0 Å². The molecular weight excluding hydrogens is 465 g/mol. The molecule has 0 fully saturated rings. The number of rotatable bonds is 4. The molecular formula is C32H36MgN4. The predicted octanol–water partition coefficient (Wildman–Crippen LogP) is 7.62. The van der Waals surface area contributed by atoms with Crippen LogP contribution in [0.1, 0.15) is 99.4 Å². The Bertz CT molecular complexity index is 1610. The van der Waals surface area contributed by atoms with Gasteiger partial charge in [-0.25, -0.2) is 9.97 Å². The van der Waals surface area contributed by atoms with E-state index in [0.717, 1.165) is 70.5 Å². The van der Waals surface area contributed by atoms with Crippen LogP contribution in [0.4, 0.5) is 0 Å². The van der Waals surface area contributed by atoms with Crippen LogP contribution in [0, 0.1) is 13.8 Å². The van der Waals surface area contributed by atoms with E-state index in [0.29, 0.717) is 0 Å². The summed E-state index contributed by atoms with van der Waals surface area (Å²) in [5.74, 6) is 0. The fourth-order valence-electron chi connectivity index (χ4n) is 5.85. The van der Waals surface area contributed by atoms with Crippen LogP contribution in [0.3, 0.4) is 0 Å². The van der Waals surface area contributed by atoms with Crippen molar-refractivity contribution in [2.24, 2.45) is 0 Å². The van der Waals surface area contributed by atoms with E-state index in [9.17, 15) is 0 Å². The number of aromatic nitrogens is 4. The van der Waals surface area contributed by atoms with E-state index in [1.165, 1.54) is 44.5 Å². The summed E-state index contributed by atoms with van der Waals surface area (Å²) in [5, 5.41) is 0. The van der Waals surface area contributed by atoms with Crippen LogP contribution in [0.2, 0.25) is 0 Å². The quantitative estimate of drug-likeness (QED) is 0.346. The molecule has 0 radical (unpaired) electrons. The summed E-state index contributed by atoms with van der Waals surface area (Å²) in [6.45, 7) is 17.6. The van der Waals surface area contributed by atoms with Crippen LogP contribution in [-0.4, -0.2) is 33.0 Å². The SMILES string of the molecule is CCC1=C(C)c2cc3[n-]c(cc4[n-]c(cc5nc(cc1n2)C(CC)=C5C)c(CC)c4C)c(CC)c3C.[Mg+2]. The molecule has 5 heterocycles. The van der Waals surface area contributed by atoms with Crippen LogP contribution in [0.15, 0.2) is 24.3 Å². The van der Waals surface area contributed by atoms with Crippen LogP contribution < -0.4 is 9.97 Å². The molecule has 2 aliphatic rings. The Morgan fingerprint density at radius 2 is 0.919 bits per heavy atom. The number of allylic oxidation sites excluding steroid dienone is 4. The summed E-state index contributed by atoms with van der Waals surface area (Å²) >= 11 is 0. The second-order valence-corrected chi connectivity index (χ2v) is 9.93. The van der Waals surface area contributed by atoms with Crippen molar-refractivity contribution in [2.45, 2.75) is 81.1 Å². The zero-order chi connectivity index (χ0) is 25.7. The maximum Gasteiger partial charge on any atom is 2.00 e. The minimum absolute atomic E-state index is 0. The first kappa shape index (κ1) is 27.4. The van der Waals surface area contributed by atoms with Crippen LogP contribution in [0.5, 0.6) is 0 Å². The van der Waals surface area contributed by atoms with Gasteiger partial charge in [-0.2, -0.15) is 0 Å². The maximum atomic E-state index is 5.12. The van der Waals surface area contributed by atoms with Gasteiger partial charge in [-0.05, 0) is 81.7 Å². The average Bonchev–Trinajstić information content (AvgIpc) is 3.51. The first-order valence-electron chi connectivity index (χ1n) is 13.3. The molecule has 186 valence electrons. The van der Waals surface area contributed by atoms with Crippen LogP contribution >= 0.6 is 0 Å². The molecule has 0 aromatic carbocycles. The van der Waals surface area contributed by atoms with Gasteiger partial charge in [-0.1, -0.05) is 68.1 Å². The van der Waals surface area contributed by atoms with Crippen molar-refractivity contribution in [2.75, 3.05) is 0 Å². The molecule has 0 unspecified atom stereocenters. The number of hydrogen-bond donors (Lipinski definition) is 0. The molecule has 0 saturated carbocycles. The van der Waals surface area contributed by atoms with Crippen molar-refractivity contribution in [3.63, 3.8) is 0 Å². The normalized spacial score (nSPS) is 13.4. The zero-order valence-corrected chi connectivity index (χ0v) is 25.0. The molecule has 8 bridgehead atoms. The Morgan fingerprint density at radius 1 is 0.514 bits per heavy atom. The first-order valence-corrected chi connectivity index (χ1v) is 13.3. The summed E-state index contributed by atoms with van der Waals surface area (Å²) < 4.78 is 0. The van der Waals surface area contributed by atoms with E-state index in [-0.39, 0.29) is 23.1 Å². The minimum atomic E-state index is 0. The summed E-state index contributed by atoms with van der Waals surface area (Å²) in [5.41, 5.74) is 18.2. The molecule has 37 heavy (non-hydrogen) atoms. The summed E-state index contributed by atoms with van der Waals surface area (Å²) in [7, 11) is 0. The average molecular weight is 501 g/mol. The predicted molar refractivity (Wildman–Crippen MR) is 158 cm³/mol. The van der Waals surface area contributed by atoms with Gasteiger partial charge in [0, 0.05) is 0 Å². The van der Waals surface area contributed by atoms with Crippen molar-refractivity contribution in [1.82, 2.24) is 19.9 Å². The third kappa shape index (κ3) is 4.50. The summed E-state index contributed by atoms with van der Waals surface area (Å²) in [4.78, 5) is 20.4. The summed E-state index contributed by atoms with van der Waals surface area (Å²) in [6.07, 6.45) is 3.74. The monoisotopic (exact) mass is 500 g/mol. The van der Waals surface area contributed by atoms with Crippen molar-refractivity contribution in [3.8, 4) is 0 Å². The Kier molecular flexibility index (Phi) is 7.87. The molecule has 3 aromatic heterocycles. The van der Waals surface area contributed by atoms with E-state index < -0.39 is 0 Å². The second-order valence-electron chi connectivity index (χ2n) is 9.93. The molecule has 0 atom stereocenters. The van der Waals surface area contributed by atoms with Gasteiger partial charge in [-0.15, -0.1) is 22.1 Å². The molecule has 0 amide bonds. The van der Waals surface area contributed by atoms with Gasteiger partial charge < -0.3 is 9.97 Å². The van der Waals surface area contributed by atoms with Crippen molar-refractivity contribution >= 4 is 67.4 Å². The number of nitrogens with zero attached hydrogens (tertiary/aromatic N) is 4.